The third kappa shape index (κ3) is 6.56. The van der Waals surface area contributed by atoms with Gasteiger partial charge in [0, 0.05) is 35.5 Å². The highest BCUT2D eigenvalue weighted by molar-refractivity contribution is 6.40. The molecule has 1 heterocycles. The number of hydrogen-bond acceptors (Lipinski definition) is 3. The summed E-state index contributed by atoms with van der Waals surface area (Å²) < 4.78 is 0. The molecular weight excluding hydrogens is 495 g/mol. The van der Waals surface area contributed by atoms with Gasteiger partial charge in [-0.25, -0.2) is 4.98 Å². The highest BCUT2D eigenvalue weighted by Crippen LogP contribution is 2.26. The van der Waals surface area contributed by atoms with Crippen LogP contribution in [0.15, 0.2) is 60.8 Å². The molecule has 1 aromatic heterocycles. The summed E-state index contributed by atoms with van der Waals surface area (Å²) in [7, 11) is 0. The summed E-state index contributed by atoms with van der Waals surface area (Å²) in [5, 5.41) is 6.62. The van der Waals surface area contributed by atoms with Crippen LogP contribution in [0.25, 0.3) is 11.4 Å². The molecule has 4 rings (SSSR count). The Labute approximate surface area is 221 Å². The van der Waals surface area contributed by atoms with Crippen molar-refractivity contribution in [1.82, 2.24) is 15.3 Å². The van der Waals surface area contributed by atoms with Gasteiger partial charge in [-0.1, -0.05) is 60.7 Å². The van der Waals surface area contributed by atoms with Crippen LogP contribution in [-0.2, 0) is 11.2 Å². The summed E-state index contributed by atoms with van der Waals surface area (Å²) in [6.45, 7) is 1.96. The van der Waals surface area contributed by atoms with E-state index in [2.05, 4.69) is 20.6 Å². The van der Waals surface area contributed by atoms with Crippen LogP contribution in [0.2, 0.25) is 10.0 Å². The van der Waals surface area contributed by atoms with E-state index >= 15 is 0 Å². The van der Waals surface area contributed by atoms with E-state index < -0.39 is 0 Å². The molecule has 0 saturated heterocycles. The average Bonchev–Trinajstić information content (AvgIpc) is 3.33. The van der Waals surface area contributed by atoms with Crippen molar-refractivity contribution in [2.24, 2.45) is 5.92 Å². The van der Waals surface area contributed by atoms with E-state index in [1.54, 1.807) is 36.5 Å². The van der Waals surface area contributed by atoms with Crippen molar-refractivity contribution in [1.29, 1.82) is 0 Å². The number of aromatic nitrogens is 2. The van der Waals surface area contributed by atoms with Crippen molar-refractivity contribution < 1.29 is 9.59 Å². The maximum atomic E-state index is 12.7. The molecule has 8 heteroatoms. The summed E-state index contributed by atoms with van der Waals surface area (Å²) >= 11 is 12.3. The number of H-pyrrole nitrogens is 1. The third-order valence-corrected chi connectivity index (χ3v) is 7.03. The first-order valence-corrected chi connectivity index (χ1v) is 13.0. The lowest BCUT2D eigenvalue weighted by atomic mass is 9.88. The van der Waals surface area contributed by atoms with Crippen molar-refractivity contribution in [2.75, 3.05) is 5.32 Å². The number of allylic oxidation sites excluding steroid dienone is 1. The number of carbonyl (C=O) groups is 2. The van der Waals surface area contributed by atoms with Gasteiger partial charge >= 0.3 is 0 Å². The van der Waals surface area contributed by atoms with E-state index in [9.17, 15) is 9.59 Å². The summed E-state index contributed by atoms with van der Waals surface area (Å²) in [5.41, 5.74) is 2.67. The van der Waals surface area contributed by atoms with Crippen molar-refractivity contribution in [2.45, 2.75) is 51.5 Å². The zero-order valence-electron chi connectivity index (χ0n) is 20.2. The van der Waals surface area contributed by atoms with Gasteiger partial charge in [0.25, 0.3) is 5.91 Å². The van der Waals surface area contributed by atoms with E-state index in [0.717, 1.165) is 42.8 Å². The first-order chi connectivity index (χ1) is 17.4. The lowest BCUT2D eigenvalue weighted by Gasteiger charge is -2.23. The van der Waals surface area contributed by atoms with Crippen LogP contribution in [-0.4, -0.2) is 27.8 Å². The molecule has 0 aliphatic heterocycles. The van der Waals surface area contributed by atoms with Gasteiger partial charge in [-0.3, -0.25) is 9.59 Å². The molecule has 2 aromatic carbocycles. The first kappa shape index (κ1) is 26.0. The Morgan fingerprint density at radius 1 is 1.08 bits per heavy atom. The van der Waals surface area contributed by atoms with Gasteiger partial charge in [0.05, 0.1) is 21.7 Å². The number of carbonyl (C=O) groups excluding carboxylic acids is 2. The van der Waals surface area contributed by atoms with Crippen LogP contribution in [0.3, 0.4) is 0 Å². The van der Waals surface area contributed by atoms with Crippen molar-refractivity contribution in [3.8, 4) is 11.4 Å². The number of imidazole rings is 1. The van der Waals surface area contributed by atoms with Crippen LogP contribution in [0, 0.1) is 5.92 Å². The molecule has 1 fully saturated rings. The molecule has 36 heavy (non-hydrogen) atoms. The maximum Gasteiger partial charge on any atom is 0.258 e. The molecule has 3 aromatic rings. The van der Waals surface area contributed by atoms with Crippen molar-refractivity contribution in [3.63, 3.8) is 0 Å². The van der Waals surface area contributed by atoms with E-state index in [4.69, 9.17) is 23.2 Å². The van der Waals surface area contributed by atoms with Crippen LogP contribution >= 0.6 is 23.2 Å². The molecule has 2 amide bonds. The standard InChI is InChI=1S/C28H30Cl2N4O2/c1-2-7-21(34-27(35)19-8-4-3-5-9-19)16-22-17-31-26(32-22)18-12-14-20(15-13-18)33-28(36)25-23(29)10-6-11-24(25)30/h2,6-7,10-15,17,19,21H,3-5,8-9,16H2,1H3,(H,31,32)(H,33,36)(H,34,35)/b7-2-. The minimum absolute atomic E-state index is 0.0908. The monoisotopic (exact) mass is 524 g/mol. The Bertz CT molecular complexity index is 1210. The van der Waals surface area contributed by atoms with Crippen LogP contribution in [0.4, 0.5) is 5.69 Å². The van der Waals surface area contributed by atoms with E-state index in [1.807, 2.05) is 31.2 Å². The lowest BCUT2D eigenvalue weighted by molar-refractivity contribution is -0.126. The van der Waals surface area contributed by atoms with Gasteiger partial charge in [-0.15, -0.1) is 0 Å². The predicted octanol–water partition coefficient (Wildman–Crippen LogP) is 6.82. The molecule has 1 aliphatic rings. The van der Waals surface area contributed by atoms with E-state index in [1.165, 1.54) is 6.42 Å². The topological polar surface area (TPSA) is 86.9 Å². The Kier molecular flexibility index (Phi) is 8.83. The molecule has 188 valence electrons. The predicted molar refractivity (Wildman–Crippen MR) is 145 cm³/mol. The third-order valence-electron chi connectivity index (χ3n) is 6.40. The maximum absolute atomic E-state index is 12.7. The zero-order valence-corrected chi connectivity index (χ0v) is 21.7. The van der Waals surface area contributed by atoms with E-state index in [0.29, 0.717) is 22.2 Å². The van der Waals surface area contributed by atoms with Crippen LogP contribution < -0.4 is 10.6 Å². The SMILES string of the molecule is C/C=C\C(Cc1cnc(-c2ccc(NC(=O)c3c(Cl)cccc3Cl)cc2)[nH]1)NC(=O)C1CCCCC1. The molecular formula is C28H30Cl2N4O2. The zero-order chi connectivity index (χ0) is 25.5. The molecule has 3 N–H and O–H groups in total. The number of hydrogen-bond donors (Lipinski definition) is 3. The van der Waals surface area contributed by atoms with Crippen molar-refractivity contribution in [3.05, 3.63) is 82.1 Å². The summed E-state index contributed by atoms with van der Waals surface area (Å²) in [4.78, 5) is 33.2. The summed E-state index contributed by atoms with van der Waals surface area (Å²) in [5.74, 6) is 0.615. The molecule has 6 nitrogen and oxygen atoms in total. The van der Waals surface area contributed by atoms with Gasteiger partial charge in [-0.05, 0) is 56.2 Å². The number of halogens is 2. The molecule has 1 unspecified atom stereocenters. The minimum atomic E-state index is -0.371. The molecule has 0 bridgehead atoms. The number of benzene rings is 2. The van der Waals surface area contributed by atoms with Gasteiger partial charge in [0.1, 0.15) is 5.82 Å². The Balaban J connectivity index is 1.39. The Morgan fingerprint density at radius 2 is 1.78 bits per heavy atom. The van der Waals surface area contributed by atoms with E-state index in [-0.39, 0.29) is 29.3 Å². The number of nitrogens with one attached hydrogen (secondary N) is 3. The quantitative estimate of drug-likeness (QED) is 0.282. The lowest BCUT2D eigenvalue weighted by Crippen LogP contribution is -2.39. The number of anilines is 1. The number of nitrogens with zero attached hydrogens (tertiary/aromatic N) is 1. The van der Waals surface area contributed by atoms with Crippen molar-refractivity contribution >= 4 is 40.7 Å². The second-order valence-electron chi connectivity index (χ2n) is 9.07. The molecule has 0 spiro atoms. The van der Waals surface area contributed by atoms with Gasteiger partial charge < -0.3 is 15.6 Å². The normalized spacial score (nSPS) is 15.1. The number of rotatable bonds is 8. The molecule has 1 aliphatic carbocycles. The van der Waals surface area contributed by atoms with Crippen LogP contribution in [0.1, 0.15) is 55.1 Å². The molecule has 1 saturated carbocycles. The van der Waals surface area contributed by atoms with Gasteiger partial charge in [0.2, 0.25) is 5.91 Å². The second kappa shape index (κ2) is 12.2. The van der Waals surface area contributed by atoms with Crippen LogP contribution in [0.5, 0.6) is 0 Å². The number of aromatic amines is 1. The fraction of sp³-hybridized carbons (Fsp3) is 0.321. The smallest absolute Gasteiger partial charge is 0.258 e. The summed E-state index contributed by atoms with van der Waals surface area (Å²) in [6.07, 6.45) is 11.8. The highest BCUT2D eigenvalue weighted by atomic mass is 35.5. The number of amides is 2. The summed E-state index contributed by atoms with van der Waals surface area (Å²) in [6, 6.07) is 12.2. The van der Waals surface area contributed by atoms with Gasteiger partial charge in [0.15, 0.2) is 0 Å². The fourth-order valence-electron chi connectivity index (χ4n) is 4.53. The Hall–Kier alpha value is -3.09. The second-order valence-corrected chi connectivity index (χ2v) is 9.88. The largest absolute Gasteiger partial charge is 0.349 e. The Morgan fingerprint density at radius 3 is 2.44 bits per heavy atom. The molecule has 1 atom stereocenters. The molecule has 0 radical (unpaired) electrons. The minimum Gasteiger partial charge on any atom is -0.349 e. The van der Waals surface area contributed by atoms with Gasteiger partial charge in [-0.2, -0.15) is 0 Å². The average molecular weight is 525 g/mol. The first-order valence-electron chi connectivity index (χ1n) is 12.3. The highest BCUT2D eigenvalue weighted by Gasteiger charge is 2.23. The fourth-order valence-corrected chi connectivity index (χ4v) is 5.10.